The second-order valence-corrected chi connectivity index (χ2v) is 6.63. The van der Waals surface area contributed by atoms with E-state index in [1.54, 1.807) is 54.1 Å². The molecule has 0 radical (unpaired) electrons. The first kappa shape index (κ1) is 19.2. The molecule has 2 aromatic carbocycles. The summed E-state index contributed by atoms with van der Waals surface area (Å²) < 4.78 is 1.64. The van der Waals surface area contributed by atoms with E-state index in [1.807, 2.05) is 13.0 Å². The number of halogens is 1. The van der Waals surface area contributed by atoms with Crippen molar-refractivity contribution in [1.29, 1.82) is 10.5 Å². The number of hydrogen-bond acceptors (Lipinski definition) is 4. The van der Waals surface area contributed by atoms with E-state index in [4.69, 9.17) is 22.1 Å². The summed E-state index contributed by atoms with van der Waals surface area (Å²) in [6.07, 6.45) is 0. The van der Waals surface area contributed by atoms with Gasteiger partial charge in [0.1, 0.15) is 6.07 Å². The molecule has 138 valence electrons. The zero-order valence-corrected chi connectivity index (χ0v) is 16.1. The van der Waals surface area contributed by atoms with Gasteiger partial charge < -0.3 is 5.32 Å². The fourth-order valence-electron chi connectivity index (χ4n) is 2.92. The first-order valence-electron chi connectivity index (χ1n) is 8.48. The van der Waals surface area contributed by atoms with Crippen molar-refractivity contribution in [3.05, 3.63) is 81.1 Å². The lowest BCUT2D eigenvalue weighted by Crippen LogP contribution is -2.24. The number of aromatic nitrogens is 2. The maximum Gasteiger partial charge on any atom is 0.255 e. The molecule has 3 aromatic rings. The van der Waals surface area contributed by atoms with Crippen LogP contribution in [0.25, 0.3) is 5.69 Å². The SMILES string of the molecule is Cc1nn(-c2ccc(C#N)c(Cl)c2)c(C)c1C(=O)NCc1ccc(C#N)cc1. The molecule has 3 rings (SSSR count). The Morgan fingerprint density at radius 1 is 1.14 bits per heavy atom. The van der Waals surface area contributed by atoms with E-state index >= 15 is 0 Å². The van der Waals surface area contributed by atoms with Crippen LogP contribution in [0.3, 0.4) is 0 Å². The van der Waals surface area contributed by atoms with Crippen LogP contribution in [0.1, 0.15) is 38.4 Å². The molecule has 0 bridgehead atoms. The van der Waals surface area contributed by atoms with E-state index in [2.05, 4.69) is 16.5 Å². The number of nitriles is 2. The third kappa shape index (κ3) is 3.73. The van der Waals surface area contributed by atoms with Crippen molar-refractivity contribution < 1.29 is 4.79 Å². The van der Waals surface area contributed by atoms with Crippen LogP contribution in [0, 0.1) is 36.5 Å². The lowest BCUT2D eigenvalue weighted by Gasteiger charge is -2.08. The number of nitrogens with one attached hydrogen (secondary N) is 1. The predicted octanol–water partition coefficient (Wildman–Crippen LogP) is 3.82. The Morgan fingerprint density at radius 3 is 2.46 bits per heavy atom. The van der Waals surface area contributed by atoms with Gasteiger partial charge in [0.2, 0.25) is 0 Å². The minimum atomic E-state index is -0.231. The largest absolute Gasteiger partial charge is 0.348 e. The number of nitrogens with zero attached hydrogens (tertiary/aromatic N) is 4. The van der Waals surface area contributed by atoms with Gasteiger partial charge in [0, 0.05) is 6.54 Å². The first-order valence-corrected chi connectivity index (χ1v) is 8.86. The molecule has 0 aliphatic heterocycles. The van der Waals surface area contributed by atoms with Crippen LogP contribution in [0.2, 0.25) is 5.02 Å². The normalized spacial score (nSPS) is 10.2. The van der Waals surface area contributed by atoms with E-state index in [0.717, 1.165) is 5.56 Å². The van der Waals surface area contributed by atoms with Gasteiger partial charge in [-0.25, -0.2) is 4.68 Å². The predicted molar refractivity (Wildman–Crippen MR) is 105 cm³/mol. The molecular weight excluding hydrogens is 374 g/mol. The van der Waals surface area contributed by atoms with Crippen LogP contribution in [-0.2, 0) is 6.54 Å². The fraction of sp³-hybridized carbons (Fsp3) is 0.143. The van der Waals surface area contributed by atoms with E-state index in [1.165, 1.54) is 0 Å². The summed E-state index contributed by atoms with van der Waals surface area (Å²) in [7, 11) is 0. The van der Waals surface area contributed by atoms with Gasteiger partial charge in [0.15, 0.2) is 0 Å². The number of hydrogen-bond donors (Lipinski definition) is 1. The van der Waals surface area contributed by atoms with E-state index in [9.17, 15) is 4.79 Å². The Kier molecular flexibility index (Phi) is 5.44. The highest BCUT2D eigenvalue weighted by Gasteiger charge is 2.19. The Bertz CT molecular complexity index is 1130. The van der Waals surface area contributed by atoms with Gasteiger partial charge >= 0.3 is 0 Å². The summed E-state index contributed by atoms with van der Waals surface area (Å²) in [6.45, 7) is 3.92. The quantitative estimate of drug-likeness (QED) is 0.733. The van der Waals surface area contributed by atoms with Gasteiger partial charge in [-0.05, 0) is 49.7 Å². The van der Waals surface area contributed by atoms with Crippen molar-refractivity contribution in [2.24, 2.45) is 0 Å². The average molecular weight is 390 g/mol. The molecule has 0 unspecified atom stereocenters. The molecule has 1 amide bonds. The summed E-state index contributed by atoms with van der Waals surface area (Å²) in [6, 6.07) is 16.1. The van der Waals surface area contributed by atoms with Crippen LogP contribution in [0.5, 0.6) is 0 Å². The summed E-state index contributed by atoms with van der Waals surface area (Å²) in [5.74, 6) is -0.231. The molecule has 1 heterocycles. The van der Waals surface area contributed by atoms with Crippen molar-refractivity contribution in [1.82, 2.24) is 15.1 Å². The maximum atomic E-state index is 12.7. The van der Waals surface area contributed by atoms with Crippen molar-refractivity contribution in [2.45, 2.75) is 20.4 Å². The lowest BCUT2D eigenvalue weighted by atomic mass is 10.1. The molecule has 6 nitrogen and oxygen atoms in total. The topological polar surface area (TPSA) is 94.5 Å². The van der Waals surface area contributed by atoms with Gasteiger partial charge in [-0.3, -0.25) is 4.79 Å². The van der Waals surface area contributed by atoms with Crippen molar-refractivity contribution >= 4 is 17.5 Å². The molecule has 0 spiro atoms. The molecule has 0 fully saturated rings. The first-order chi connectivity index (χ1) is 13.4. The van der Waals surface area contributed by atoms with Crippen LogP contribution in [-0.4, -0.2) is 15.7 Å². The summed E-state index contributed by atoms with van der Waals surface area (Å²) in [5.41, 5.74) is 4.29. The Morgan fingerprint density at radius 2 is 1.86 bits per heavy atom. The lowest BCUT2D eigenvalue weighted by molar-refractivity contribution is 0.0949. The second-order valence-electron chi connectivity index (χ2n) is 6.22. The van der Waals surface area contributed by atoms with E-state index in [-0.39, 0.29) is 5.91 Å². The molecule has 1 N–H and O–H groups in total. The minimum absolute atomic E-state index is 0.231. The molecule has 1 aromatic heterocycles. The average Bonchev–Trinajstić information content (AvgIpc) is 3.00. The van der Waals surface area contributed by atoms with Crippen molar-refractivity contribution in [3.63, 3.8) is 0 Å². The second kappa shape index (κ2) is 7.96. The van der Waals surface area contributed by atoms with Gasteiger partial charge in [-0.2, -0.15) is 15.6 Å². The number of carbonyl (C=O) groups is 1. The molecule has 0 aliphatic carbocycles. The van der Waals surface area contributed by atoms with Gasteiger partial charge in [0.25, 0.3) is 5.91 Å². The monoisotopic (exact) mass is 389 g/mol. The van der Waals surface area contributed by atoms with Gasteiger partial charge in [-0.1, -0.05) is 23.7 Å². The summed E-state index contributed by atoms with van der Waals surface area (Å²) in [5, 5.41) is 25.5. The zero-order valence-electron chi connectivity index (χ0n) is 15.3. The van der Waals surface area contributed by atoms with Crippen molar-refractivity contribution in [3.8, 4) is 17.8 Å². The van der Waals surface area contributed by atoms with Crippen LogP contribution < -0.4 is 5.32 Å². The molecular formula is C21H16ClN5O. The van der Waals surface area contributed by atoms with Gasteiger partial charge in [-0.15, -0.1) is 0 Å². The number of rotatable bonds is 4. The van der Waals surface area contributed by atoms with Crippen LogP contribution >= 0.6 is 11.6 Å². The molecule has 0 atom stereocenters. The van der Waals surface area contributed by atoms with Crippen molar-refractivity contribution in [2.75, 3.05) is 0 Å². The van der Waals surface area contributed by atoms with E-state index < -0.39 is 0 Å². The molecule has 7 heteroatoms. The number of aryl methyl sites for hydroxylation is 1. The number of amides is 1. The maximum absolute atomic E-state index is 12.7. The highest BCUT2D eigenvalue weighted by molar-refractivity contribution is 6.31. The minimum Gasteiger partial charge on any atom is -0.348 e. The summed E-state index contributed by atoms with van der Waals surface area (Å²) in [4.78, 5) is 12.7. The van der Waals surface area contributed by atoms with Gasteiger partial charge in [0.05, 0.1) is 44.9 Å². The smallest absolute Gasteiger partial charge is 0.255 e. The third-order valence-corrected chi connectivity index (χ3v) is 4.68. The van der Waals surface area contributed by atoms with Crippen LogP contribution in [0.15, 0.2) is 42.5 Å². The zero-order chi connectivity index (χ0) is 20.3. The highest BCUT2D eigenvalue weighted by atomic mass is 35.5. The Labute approximate surface area is 167 Å². The number of carbonyl (C=O) groups excluding carboxylic acids is 1. The molecule has 0 aliphatic rings. The standard InChI is InChI=1S/C21H16ClN5O/c1-13-20(21(28)25-12-16-5-3-15(10-23)4-6-16)14(2)27(26-13)18-8-7-17(11-24)19(22)9-18/h3-9H,12H2,1-2H3,(H,25,28). The number of benzene rings is 2. The molecule has 0 saturated heterocycles. The van der Waals surface area contributed by atoms with E-state index in [0.29, 0.717) is 45.3 Å². The molecule has 28 heavy (non-hydrogen) atoms. The highest BCUT2D eigenvalue weighted by Crippen LogP contribution is 2.23. The Balaban J connectivity index is 1.82. The Hall–Kier alpha value is -3.61. The molecule has 0 saturated carbocycles. The third-order valence-electron chi connectivity index (χ3n) is 4.37. The van der Waals surface area contributed by atoms with Crippen LogP contribution in [0.4, 0.5) is 0 Å². The summed E-state index contributed by atoms with van der Waals surface area (Å²) >= 11 is 6.12. The fourth-order valence-corrected chi connectivity index (χ4v) is 3.13.